The zero-order valence-electron chi connectivity index (χ0n) is 15.4. The van der Waals surface area contributed by atoms with E-state index in [1.54, 1.807) is 31.4 Å². The molecule has 1 unspecified atom stereocenters. The highest BCUT2D eigenvalue weighted by Crippen LogP contribution is 2.35. The van der Waals surface area contributed by atoms with Crippen LogP contribution in [0.3, 0.4) is 0 Å². The summed E-state index contributed by atoms with van der Waals surface area (Å²) in [6.07, 6.45) is 2.08. The first-order chi connectivity index (χ1) is 13.5. The number of anilines is 2. The quantitative estimate of drug-likeness (QED) is 0.757. The molecule has 1 saturated heterocycles. The minimum absolute atomic E-state index is 0.0621. The van der Waals surface area contributed by atoms with E-state index in [1.807, 2.05) is 24.3 Å². The number of nitrogens with one attached hydrogen (secondary N) is 1. The first kappa shape index (κ1) is 18.6. The van der Waals surface area contributed by atoms with Crippen molar-refractivity contribution in [1.29, 1.82) is 0 Å². The largest absolute Gasteiger partial charge is 0.497 e. The molecule has 2 fully saturated rings. The van der Waals surface area contributed by atoms with Gasteiger partial charge in [0, 0.05) is 22.9 Å². The number of carbonyl (C=O) groups is 3. The van der Waals surface area contributed by atoms with E-state index in [2.05, 4.69) is 5.32 Å². The van der Waals surface area contributed by atoms with Crippen LogP contribution in [0.2, 0.25) is 0 Å². The lowest BCUT2D eigenvalue weighted by Gasteiger charge is -2.15. The fourth-order valence-corrected chi connectivity index (χ4v) is 4.12. The average molecular weight is 396 g/mol. The molecule has 0 aromatic heterocycles. The van der Waals surface area contributed by atoms with Gasteiger partial charge in [0.05, 0.1) is 18.0 Å². The predicted molar refractivity (Wildman–Crippen MR) is 108 cm³/mol. The summed E-state index contributed by atoms with van der Waals surface area (Å²) in [5.74, 6) is 0.460. The number of imide groups is 1. The zero-order chi connectivity index (χ0) is 19.7. The molecule has 1 aliphatic heterocycles. The zero-order valence-corrected chi connectivity index (χ0v) is 16.2. The number of amides is 3. The smallest absolute Gasteiger partial charge is 0.247 e. The Kier molecular flexibility index (Phi) is 5.09. The molecule has 1 heterocycles. The van der Waals surface area contributed by atoms with Crippen molar-refractivity contribution in [2.45, 2.75) is 29.4 Å². The van der Waals surface area contributed by atoms with Gasteiger partial charge in [-0.15, -0.1) is 11.8 Å². The Balaban J connectivity index is 1.41. The fraction of sp³-hybridized carbons (Fsp3) is 0.286. The van der Waals surface area contributed by atoms with Gasteiger partial charge in [0.1, 0.15) is 5.75 Å². The standard InChI is InChI=1S/C21H20N2O4S/c1-27-16-8-6-15(7-9-16)23-19(24)12-18(21(23)26)28-17-10-4-14(5-11-17)22-20(25)13-2-3-13/h4-11,13,18H,2-3,12H2,1H3,(H,22,25). The Morgan fingerprint density at radius 1 is 1.07 bits per heavy atom. The number of methoxy groups -OCH3 is 1. The van der Waals surface area contributed by atoms with Gasteiger partial charge in [-0.25, -0.2) is 4.90 Å². The lowest BCUT2D eigenvalue weighted by molar-refractivity contribution is -0.121. The second-order valence-electron chi connectivity index (χ2n) is 6.86. The summed E-state index contributed by atoms with van der Waals surface area (Å²) < 4.78 is 5.12. The summed E-state index contributed by atoms with van der Waals surface area (Å²) in [4.78, 5) is 39.1. The van der Waals surface area contributed by atoms with Crippen LogP contribution in [0.5, 0.6) is 5.75 Å². The minimum atomic E-state index is -0.457. The van der Waals surface area contributed by atoms with Gasteiger partial charge < -0.3 is 10.1 Å². The molecule has 2 aliphatic rings. The highest BCUT2D eigenvalue weighted by atomic mass is 32.2. The van der Waals surface area contributed by atoms with Gasteiger partial charge in [-0.1, -0.05) is 0 Å². The number of carbonyl (C=O) groups excluding carboxylic acids is 3. The highest BCUT2D eigenvalue weighted by molar-refractivity contribution is 8.00. The molecule has 1 atom stereocenters. The number of hydrogen-bond acceptors (Lipinski definition) is 5. The monoisotopic (exact) mass is 396 g/mol. The van der Waals surface area contributed by atoms with Gasteiger partial charge in [0.15, 0.2) is 0 Å². The van der Waals surface area contributed by atoms with Crippen molar-refractivity contribution in [2.24, 2.45) is 5.92 Å². The molecule has 4 rings (SSSR count). The Bertz CT molecular complexity index is 907. The Labute approximate surface area is 167 Å². The van der Waals surface area contributed by atoms with E-state index < -0.39 is 5.25 Å². The SMILES string of the molecule is COc1ccc(N2C(=O)CC(Sc3ccc(NC(=O)C4CC4)cc3)C2=O)cc1. The summed E-state index contributed by atoms with van der Waals surface area (Å²) >= 11 is 1.37. The maximum Gasteiger partial charge on any atom is 0.247 e. The maximum atomic E-state index is 12.8. The second-order valence-corrected chi connectivity index (χ2v) is 8.14. The van der Waals surface area contributed by atoms with Gasteiger partial charge in [-0.3, -0.25) is 14.4 Å². The van der Waals surface area contributed by atoms with Crippen LogP contribution in [0.25, 0.3) is 0 Å². The van der Waals surface area contributed by atoms with Crippen molar-refractivity contribution in [3.8, 4) is 5.75 Å². The number of ether oxygens (including phenoxy) is 1. The van der Waals surface area contributed by atoms with Crippen LogP contribution in [-0.2, 0) is 14.4 Å². The van der Waals surface area contributed by atoms with Crippen LogP contribution >= 0.6 is 11.8 Å². The molecular formula is C21H20N2O4S. The van der Waals surface area contributed by atoms with Gasteiger partial charge >= 0.3 is 0 Å². The molecule has 2 aromatic carbocycles. The Morgan fingerprint density at radius 2 is 1.75 bits per heavy atom. The van der Waals surface area contributed by atoms with Crippen LogP contribution in [-0.4, -0.2) is 30.1 Å². The molecule has 6 nitrogen and oxygen atoms in total. The molecule has 7 heteroatoms. The van der Waals surface area contributed by atoms with E-state index in [-0.39, 0.29) is 30.1 Å². The summed E-state index contributed by atoms with van der Waals surface area (Å²) in [7, 11) is 1.57. The van der Waals surface area contributed by atoms with Crippen molar-refractivity contribution in [1.82, 2.24) is 0 Å². The molecule has 1 aliphatic carbocycles. The minimum Gasteiger partial charge on any atom is -0.497 e. The third-order valence-electron chi connectivity index (χ3n) is 4.78. The molecule has 3 amide bonds. The number of rotatable bonds is 6. The lowest BCUT2D eigenvalue weighted by atomic mass is 10.3. The molecule has 0 spiro atoms. The average Bonchev–Trinajstić information content (AvgIpc) is 3.51. The van der Waals surface area contributed by atoms with Crippen LogP contribution in [0, 0.1) is 5.92 Å². The topological polar surface area (TPSA) is 75.7 Å². The van der Waals surface area contributed by atoms with Gasteiger partial charge in [-0.2, -0.15) is 0 Å². The van der Waals surface area contributed by atoms with E-state index >= 15 is 0 Å². The van der Waals surface area contributed by atoms with E-state index in [0.29, 0.717) is 11.4 Å². The summed E-state index contributed by atoms with van der Waals surface area (Å²) in [6.45, 7) is 0. The van der Waals surface area contributed by atoms with Crippen molar-refractivity contribution in [3.05, 3.63) is 48.5 Å². The third-order valence-corrected chi connectivity index (χ3v) is 5.98. The molecule has 144 valence electrons. The second kappa shape index (κ2) is 7.67. The molecule has 28 heavy (non-hydrogen) atoms. The van der Waals surface area contributed by atoms with Crippen LogP contribution in [0.4, 0.5) is 11.4 Å². The van der Waals surface area contributed by atoms with Gasteiger partial charge in [0.25, 0.3) is 0 Å². The number of benzene rings is 2. The van der Waals surface area contributed by atoms with Crippen molar-refractivity contribution < 1.29 is 19.1 Å². The molecule has 2 aromatic rings. The maximum absolute atomic E-state index is 12.8. The Morgan fingerprint density at radius 3 is 2.36 bits per heavy atom. The first-order valence-electron chi connectivity index (χ1n) is 9.13. The van der Waals surface area contributed by atoms with E-state index in [9.17, 15) is 14.4 Å². The predicted octanol–water partition coefficient (Wildman–Crippen LogP) is 3.47. The van der Waals surface area contributed by atoms with Crippen LogP contribution in [0.1, 0.15) is 19.3 Å². The normalized spacial score (nSPS) is 19.0. The fourth-order valence-electron chi connectivity index (χ4n) is 3.07. The lowest BCUT2D eigenvalue weighted by Crippen LogP contribution is -2.31. The van der Waals surface area contributed by atoms with Crippen molar-refractivity contribution >= 4 is 40.9 Å². The van der Waals surface area contributed by atoms with Gasteiger partial charge in [-0.05, 0) is 61.4 Å². The van der Waals surface area contributed by atoms with Crippen molar-refractivity contribution in [2.75, 3.05) is 17.3 Å². The molecule has 0 bridgehead atoms. The van der Waals surface area contributed by atoms with Crippen LogP contribution < -0.4 is 15.0 Å². The van der Waals surface area contributed by atoms with E-state index in [4.69, 9.17) is 4.74 Å². The highest BCUT2D eigenvalue weighted by Gasteiger charge is 2.40. The molecular weight excluding hydrogens is 376 g/mol. The Hall–Kier alpha value is -2.80. The van der Waals surface area contributed by atoms with Crippen LogP contribution in [0.15, 0.2) is 53.4 Å². The summed E-state index contributed by atoms with van der Waals surface area (Å²) in [5.41, 5.74) is 1.30. The number of nitrogens with zero attached hydrogens (tertiary/aromatic N) is 1. The van der Waals surface area contributed by atoms with E-state index in [0.717, 1.165) is 23.4 Å². The third kappa shape index (κ3) is 3.89. The molecule has 0 radical (unpaired) electrons. The van der Waals surface area contributed by atoms with Gasteiger partial charge in [0.2, 0.25) is 17.7 Å². The summed E-state index contributed by atoms with van der Waals surface area (Å²) in [6, 6.07) is 14.2. The summed E-state index contributed by atoms with van der Waals surface area (Å²) in [5, 5.41) is 2.43. The molecule has 1 saturated carbocycles. The first-order valence-corrected chi connectivity index (χ1v) is 10.0. The molecule has 1 N–H and O–H groups in total. The number of thioether (sulfide) groups is 1. The number of hydrogen-bond donors (Lipinski definition) is 1. The van der Waals surface area contributed by atoms with Crippen molar-refractivity contribution in [3.63, 3.8) is 0 Å². The van der Waals surface area contributed by atoms with E-state index in [1.165, 1.54) is 16.7 Å².